The molecule has 0 spiro atoms. The SMILES string of the molecule is Cc1c(Nc2nccc3cc(CN4CCCC4)cnc23)cccc1-c1cccc(Nc2nccc3cc(CN4CC(C(=O)O)C4)cnc23)c1Cl. The van der Waals surface area contributed by atoms with Crippen molar-refractivity contribution >= 4 is 62.4 Å². The highest BCUT2D eigenvalue weighted by atomic mass is 35.5. The molecule has 0 atom stereocenters. The first-order valence-corrected chi connectivity index (χ1v) is 17.3. The number of fused-ring (bicyclic) bond motifs is 2. The molecule has 2 aliphatic rings. The van der Waals surface area contributed by atoms with Crippen molar-refractivity contribution in [2.45, 2.75) is 32.9 Å². The zero-order chi connectivity index (χ0) is 34.2. The Hall–Kier alpha value is -5.16. The third-order valence-electron chi connectivity index (χ3n) is 9.76. The van der Waals surface area contributed by atoms with Crippen molar-refractivity contribution in [3.8, 4) is 11.1 Å². The molecule has 0 aliphatic carbocycles. The molecule has 50 heavy (non-hydrogen) atoms. The number of hydrogen-bond acceptors (Lipinski definition) is 9. The minimum Gasteiger partial charge on any atom is -0.481 e. The molecule has 10 nitrogen and oxygen atoms in total. The first kappa shape index (κ1) is 32.1. The van der Waals surface area contributed by atoms with E-state index in [-0.39, 0.29) is 5.92 Å². The van der Waals surface area contributed by atoms with Crippen molar-refractivity contribution in [1.82, 2.24) is 29.7 Å². The van der Waals surface area contributed by atoms with Gasteiger partial charge in [0.2, 0.25) is 0 Å². The molecule has 2 aliphatic heterocycles. The van der Waals surface area contributed by atoms with Crippen molar-refractivity contribution in [1.29, 1.82) is 0 Å². The van der Waals surface area contributed by atoms with Crippen LogP contribution in [0.25, 0.3) is 32.9 Å². The van der Waals surface area contributed by atoms with E-state index in [0.717, 1.165) is 75.1 Å². The Morgan fingerprint density at radius 2 is 1.34 bits per heavy atom. The van der Waals surface area contributed by atoms with Gasteiger partial charge in [0.15, 0.2) is 11.6 Å². The van der Waals surface area contributed by atoms with E-state index in [9.17, 15) is 9.90 Å². The molecule has 0 amide bonds. The Kier molecular flexibility index (Phi) is 8.74. The Morgan fingerprint density at radius 3 is 1.96 bits per heavy atom. The maximum Gasteiger partial charge on any atom is 0.309 e. The van der Waals surface area contributed by atoms with Gasteiger partial charge in [-0.1, -0.05) is 35.9 Å². The van der Waals surface area contributed by atoms with Gasteiger partial charge in [0.25, 0.3) is 0 Å². The van der Waals surface area contributed by atoms with Crippen LogP contribution in [0.5, 0.6) is 0 Å². The number of carboxylic acid groups (broad SMARTS) is 1. The van der Waals surface area contributed by atoms with E-state index in [1.165, 1.54) is 18.4 Å². The van der Waals surface area contributed by atoms with Crippen molar-refractivity contribution in [2.24, 2.45) is 5.92 Å². The van der Waals surface area contributed by atoms with Crippen LogP contribution in [0.3, 0.4) is 0 Å². The number of anilines is 4. The number of pyridine rings is 4. The van der Waals surface area contributed by atoms with Gasteiger partial charge in [0.05, 0.1) is 16.6 Å². The maximum atomic E-state index is 11.2. The Bertz CT molecular complexity index is 2230. The summed E-state index contributed by atoms with van der Waals surface area (Å²) in [4.78, 5) is 34.6. The second kappa shape index (κ2) is 13.6. The molecule has 2 saturated heterocycles. The van der Waals surface area contributed by atoms with Crippen LogP contribution in [0, 0.1) is 12.8 Å². The number of hydrogen-bond donors (Lipinski definition) is 3. The van der Waals surface area contributed by atoms with Crippen LogP contribution in [0.1, 0.15) is 29.5 Å². The molecular weight excluding hydrogens is 648 g/mol. The number of carboxylic acids is 1. The second-order valence-corrected chi connectivity index (χ2v) is 13.6. The van der Waals surface area contributed by atoms with Crippen LogP contribution in [0.15, 0.2) is 85.5 Å². The minimum atomic E-state index is -0.737. The zero-order valence-electron chi connectivity index (χ0n) is 27.7. The summed E-state index contributed by atoms with van der Waals surface area (Å²) in [6.07, 6.45) is 9.92. The molecule has 4 aromatic heterocycles. The summed E-state index contributed by atoms with van der Waals surface area (Å²) in [6.45, 7) is 7.08. The lowest BCUT2D eigenvalue weighted by molar-refractivity contribution is -0.147. The zero-order valence-corrected chi connectivity index (χ0v) is 28.5. The summed E-state index contributed by atoms with van der Waals surface area (Å²) < 4.78 is 0. The van der Waals surface area contributed by atoms with Crippen LogP contribution < -0.4 is 10.6 Å². The van der Waals surface area contributed by atoms with Crippen molar-refractivity contribution in [3.63, 3.8) is 0 Å². The van der Waals surface area contributed by atoms with E-state index in [1.54, 1.807) is 6.20 Å². The van der Waals surface area contributed by atoms with Gasteiger partial charge in [-0.05, 0) is 91.5 Å². The first-order valence-electron chi connectivity index (χ1n) is 17.0. The first-order chi connectivity index (χ1) is 24.4. The molecule has 6 heterocycles. The summed E-state index contributed by atoms with van der Waals surface area (Å²) in [7, 11) is 0. The minimum absolute atomic E-state index is 0.289. The Balaban J connectivity index is 1.03. The highest BCUT2D eigenvalue weighted by Gasteiger charge is 2.32. The van der Waals surface area contributed by atoms with Gasteiger partial charge in [-0.3, -0.25) is 24.6 Å². The topological polar surface area (TPSA) is 119 Å². The van der Waals surface area contributed by atoms with Crippen LogP contribution >= 0.6 is 11.6 Å². The normalized spacial score (nSPS) is 15.4. The highest BCUT2D eigenvalue weighted by Crippen LogP contribution is 2.39. The number of rotatable bonds is 10. The van der Waals surface area contributed by atoms with Gasteiger partial charge in [-0.15, -0.1) is 0 Å². The van der Waals surface area contributed by atoms with Gasteiger partial charge in [-0.2, -0.15) is 0 Å². The number of carbonyl (C=O) groups is 1. The number of halogens is 1. The van der Waals surface area contributed by atoms with Crippen LogP contribution in [-0.2, 0) is 17.9 Å². The van der Waals surface area contributed by atoms with Crippen molar-refractivity contribution < 1.29 is 9.90 Å². The largest absolute Gasteiger partial charge is 0.481 e. The average Bonchev–Trinajstić information content (AvgIpc) is 3.61. The van der Waals surface area contributed by atoms with Gasteiger partial charge in [0, 0.05) is 73.0 Å². The molecule has 2 aromatic carbocycles. The molecule has 11 heteroatoms. The fraction of sp³-hybridized carbons (Fsp3) is 0.256. The molecule has 0 radical (unpaired) electrons. The van der Waals surface area contributed by atoms with Gasteiger partial charge in [0.1, 0.15) is 11.0 Å². The molecule has 6 aromatic rings. The van der Waals surface area contributed by atoms with Crippen molar-refractivity contribution in [3.05, 3.63) is 107 Å². The summed E-state index contributed by atoms with van der Waals surface area (Å²) >= 11 is 7.12. The molecule has 0 bridgehead atoms. The number of aromatic nitrogens is 4. The summed E-state index contributed by atoms with van der Waals surface area (Å²) in [5.41, 5.74) is 8.37. The Labute approximate surface area is 295 Å². The molecule has 0 unspecified atom stereocenters. The third-order valence-corrected chi connectivity index (χ3v) is 10.2. The maximum absolute atomic E-state index is 11.2. The molecule has 0 saturated carbocycles. The second-order valence-electron chi connectivity index (χ2n) is 13.3. The predicted molar refractivity (Wildman–Crippen MR) is 198 cm³/mol. The summed E-state index contributed by atoms with van der Waals surface area (Å²) in [5.74, 6) is 0.291. The molecule has 3 N–H and O–H groups in total. The Morgan fingerprint density at radius 1 is 0.780 bits per heavy atom. The van der Waals surface area contributed by atoms with E-state index in [1.807, 2.05) is 61.1 Å². The van der Waals surface area contributed by atoms with Gasteiger partial charge in [-0.25, -0.2) is 9.97 Å². The van der Waals surface area contributed by atoms with E-state index in [4.69, 9.17) is 21.6 Å². The quantitative estimate of drug-likeness (QED) is 0.132. The number of nitrogens with zero attached hydrogens (tertiary/aromatic N) is 6. The van der Waals surface area contributed by atoms with Crippen LogP contribution in [0.4, 0.5) is 23.0 Å². The lowest BCUT2D eigenvalue weighted by Crippen LogP contribution is -2.49. The van der Waals surface area contributed by atoms with Gasteiger partial charge < -0.3 is 15.7 Å². The van der Waals surface area contributed by atoms with Crippen LogP contribution in [-0.4, -0.2) is 67.0 Å². The van der Waals surface area contributed by atoms with Gasteiger partial charge >= 0.3 is 5.97 Å². The molecule has 252 valence electrons. The smallest absolute Gasteiger partial charge is 0.309 e. The monoisotopic (exact) mass is 684 g/mol. The lowest BCUT2D eigenvalue weighted by atomic mass is 9.98. The third kappa shape index (κ3) is 6.45. The van der Waals surface area contributed by atoms with E-state index >= 15 is 0 Å². The molecule has 8 rings (SSSR count). The lowest BCUT2D eigenvalue weighted by Gasteiger charge is -2.36. The summed E-state index contributed by atoms with van der Waals surface area (Å²) in [6, 6.07) is 20.3. The predicted octanol–water partition coefficient (Wildman–Crippen LogP) is 7.80. The van der Waals surface area contributed by atoms with Crippen molar-refractivity contribution in [2.75, 3.05) is 36.8 Å². The fourth-order valence-electron chi connectivity index (χ4n) is 7.03. The molecular formula is C39H37ClN8O2. The average molecular weight is 685 g/mol. The van der Waals surface area contributed by atoms with E-state index < -0.39 is 5.97 Å². The number of benzene rings is 2. The standard InChI is InChI=1S/C39H37ClN8O2/c1-24-30(6-4-8-32(24)45-37-35-27(10-12-41-37)16-25(18-43-35)20-47-14-2-3-15-47)31-7-5-9-33(34(31)40)46-38-36-28(11-13-42-38)17-26(19-44-36)21-48-22-29(23-48)39(49)50/h4-13,16-19,29H,2-3,14-15,20-23H2,1H3,(H,41,45)(H,42,46)(H,49,50). The van der Waals surface area contributed by atoms with E-state index in [0.29, 0.717) is 36.3 Å². The summed E-state index contributed by atoms with van der Waals surface area (Å²) in [5, 5.41) is 18.8. The van der Waals surface area contributed by atoms with Crippen LogP contribution in [0.2, 0.25) is 5.02 Å². The highest BCUT2D eigenvalue weighted by molar-refractivity contribution is 6.36. The number of likely N-dealkylation sites (tertiary alicyclic amines) is 2. The fourth-order valence-corrected chi connectivity index (χ4v) is 7.31. The molecule has 2 fully saturated rings. The number of aliphatic carboxylic acids is 1. The number of nitrogens with one attached hydrogen (secondary N) is 2. The van der Waals surface area contributed by atoms with E-state index in [2.05, 4.69) is 55.5 Å².